The predicted octanol–water partition coefficient (Wildman–Crippen LogP) is 2.70. The second kappa shape index (κ2) is 6.78. The van der Waals surface area contributed by atoms with E-state index in [9.17, 15) is 9.59 Å². The minimum atomic E-state index is -0.137. The van der Waals surface area contributed by atoms with Crippen molar-refractivity contribution in [3.63, 3.8) is 0 Å². The van der Waals surface area contributed by atoms with Gasteiger partial charge in [0, 0.05) is 13.1 Å². The van der Waals surface area contributed by atoms with Gasteiger partial charge in [-0.15, -0.1) is 0 Å². The Kier molecular flexibility index (Phi) is 5.04. The average Bonchev–Trinajstić information content (AvgIpc) is 2.66. The average molecular weight is 293 g/mol. The summed E-state index contributed by atoms with van der Waals surface area (Å²) in [6.45, 7) is 7.13. The van der Waals surface area contributed by atoms with Crippen LogP contribution < -0.4 is 0 Å². The Labute approximate surface area is 125 Å². The lowest BCUT2D eigenvalue weighted by atomic mass is 10.0. The van der Waals surface area contributed by atoms with Crippen molar-refractivity contribution in [2.24, 2.45) is 5.92 Å². The number of amides is 1. The molecule has 21 heavy (non-hydrogen) atoms. The number of furan rings is 1. The molecule has 116 valence electrons. The van der Waals surface area contributed by atoms with Crippen molar-refractivity contribution in [1.29, 1.82) is 0 Å². The third-order valence-corrected chi connectivity index (χ3v) is 3.91. The van der Waals surface area contributed by atoms with Crippen molar-refractivity contribution >= 4 is 11.9 Å². The van der Waals surface area contributed by atoms with Gasteiger partial charge in [0.05, 0.1) is 18.1 Å². The quantitative estimate of drug-likeness (QED) is 0.804. The Balaban J connectivity index is 2.01. The zero-order valence-corrected chi connectivity index (χ0v) is 13.0. The fourth-order valence-corrected chi connectivity index (χ4v) is 2.81. The Hall–Kier alpha value is -1.78. The van der Waals surface area contributed by atoms with Crippen LogP contribution in [0.3, 0.4) is 0 Å². The van der Waals surface area contributed by atoms with Crippen LogP contribution in [0.25, 0.3) is 0 Å². The molecule has 1 atom stereocenters. The predicted molar refractivity (Wildman–Crippen MR) is 78.1 cm³/mol. The van der Waals surface area contributed by atoms with Gasteiger partial charge in [-0.1, -0.05) is 0 Å². The van der Waals surface area contributed by atoms with Gasteiger partial charge in [0.1, 0.15) is 11.5 Å². The second-order valence-electron chi connectivity index (χ2n) is 5.50. The molecule has 0 radical (unpaired) electrons. The van der Waals surface area contributed by atoms with Crippen molar-refractivity contribution < 1.29 is 18.7 Å². The number of hydrogen-bond donors (Lipinski definition) is 0. The highest BCUT2D eigenvalue weighted by atomic mass is 16.5. The molecule has 1 amide bonds. The lowest BCUT2D eigenvalue weighted by molar-refractivity contribution is -0.148. The van der Waals surface area contributed by atoms with Crippen LogP contribution in [0.1, 0.15) is 48.1 Å². The first kappa shape index (κ1) is 15.6. The van der Waals surface area contributed by atoms with E-state index in [1.807, 2.05) is 18.7 Å². The van der Waals surface area contributed by atoms with Gasteiger partial charge >= 0.3 is 5.97 Å². The van der Waals surface area contributed by atoms with E-state index in [2.05, 4.69) is 0 Å². The summed E-state index contributed by atoms with van der Waals surface area (Å²) in [6, 6.07) is 1.78. The number of carbonyl (C=O) groups is 2. The summed E-state index contributed by atoms with van der Waals surface area (Å²) in [6.07, 6.45) is 2.28. The largest absolute Gasteiger partial charge is 0.466 e. The maximum absolute atomic E-state index is 12.5. The molecule has 1 saturated heterocycles. The van der Waals surface area contributed by atoms with Crippen LogP contribution in [0.5, 0.6) is 0 Å². The summed E-state index contributed by atoms with van der Waals surface area (Å²) < 4.78 is 10.5. The first-order valence-corrected chi connectivity index (χ1v) is 7.55. The van der Waals surface area contributed by atoms with E-state index in [-0.39, 0.29) is 17.8 Å². The van der Waals surface area contributed by atoms with Crippen molar-refractivity contribution in [3.05, 3.63) is 23.2 Å². The van der Waals surface area contributed by atoms with Crippen molar-refractivity contribution in [2.75, 3.05) is 19.7 Å². The van der Waals surface area contributed by atoms with Gasteiger partial charge in [-0.3, -0.25) is 9.59 Å². The maximum Gasteiger partial charge on any atom is 0.308 e. The summed E-state index contributed by atoms with van der Waals surface area (Å²) in [7, 11) is 0. The van der Waals surface area contributed by atoms with Gasteiger partial charge in [-0.2, -0.15) is 0 Å². The van der Waals surface area contributed by atoms with Crippen LogP contribution in [-0.2, 0) is 9.53 Å². The van der Waals surface area contributed by atoms with E-state index < -0.39 is 0 Å². The smallest absolute Gasteiger partial charge is 0.308 e. The zero-order chi connectivity index (χ0) is 15.4. The highest BCUT2D eigenvalue weighted by molar-refractivity contribution is 5.95. The fourth-order valence-electron chi connectivity index (χ4n) is 2.81. The Morgan fingerprint density at radius 1 is 1.33 bits per heavy atom. The van der Waals surface area contributed by atoms with Crippen molar-refractivity contribution in [2.45, 2.75) is 40.0 Å². The third-order valence-electron chi connectivity index (χ3n) is 3.91. The molecule has 0 bridgehead atoms. The van der Waals surface area contributed by atoms with E-state index in [1.54, 1.807) is 13.0 Å². The number of ether oxygens (including phenoxy) is 1. The molecule has 2 heterocycles. The van der Waals surface area contributed by atoms with Gasteiger partial charge in [0.15, 0.2) is 0 Å². The SMILES string of the molecule is CCOC(=O)C1CCCN(C(=O)c2cc(C)oc2C)CC1. The molecule has 1 aromatic heterocycles. The molecule has 0 saturated carbocycles. The van der Waals surface area contributed by atoms with Crippen LogP contribution in [0.4, 0.5) is 0 Å². The number of aryl methyl sites for hydroxylation is 2. The van der Waals surface area contributed by atoms with Crippen molar-refractivity contribution in [1.82, 2.24) is 4.90 Å². The molecule has 0 spiro atoms. The molecule has 0 N–H and O–H groups in total. The van der Waals surface area contributed by atoms with E-state index >= 15 is 0 Å². The Morgan fingerprint density at radius 2 is 2.10 bits per heavy atom. The van der Waals surface area contributed by atoms with Gasteiger partial charge in [-0.05, 0) is 46.1 Å². The fraction of sp³-hybridized carbons (Fsp3) is 0.625. The number of rotatable bonds is 3. The summed E-state index contributed by atoms with van der Waals surface area (Å²) in [4.78, 5) is 26.2. The van der Waals surface area contributed by atoms with E-state index in [0.717, 1.165) is 18.6 Å². The number of carbonyl (C=O) groups excluding carboxylic acids is 2. The van der Waals surface area contributed by atoms with Gasteiger partial charge in [0.25, 0.3) is 5.91 Å². The minimum absolute atomic E-state index is 0.00569. The van der Waals surface area contributed by atoms with Crippen LogP contribution in [-0.4, -0.2) is 36.5 Å². The number of hydrogen-bond acceptors (Lipinski definition) is 4. The van der Waals surface area contributed by atoms with Gasteiger partial charge < -0.3 is 14.1 Å². The topological polar surface area (TPSA) is 59.8 Å². The maximum atomic E-state index is 12.5. The summed E-state index contributed by atoms with van der Waals surface area (Å²) in [5.41, 5.74) is 0.627. The lowest BCUT2D eigenvalue weighted by Gasteiger charge is -2.20. The Bertz CT molecular complexity index is 520. The molecular formula is C16H23NO4. The summed E-state index contributed by atoms with van der Waals surface area (Å²) in [5.74, 6) is 1.17. The van der Waals surface area contributed by atoms with E-state index in [0.29, 0.717) is 37.4 Å². The zero-order valence-electron chi connectivity index (χ0n) is 13.0. The molecule has 1 aromatic rings. The number of nitrogens with zero attached hydrogens (tertiary/aromatic N) is 1. The second-order valence-corrected chi connectivity index (χ2v) is 5.50. The molecule has 1 aliphatic rings. The standard InChI is InChI=1S/C16H23NO4/c1-4-20-16(19)13-6-5-8-17(9-7-13)15(18)14-10-11(2)21-12(14)3/h10,13H,4-9H2,1-3H3. The highest BCUT2D eigenvalue weighted by Crippen LogP contribution is 2.22. The molecule has 1 fully saturated rings. The first-order valence-electron chi connectivity index (χ1n) is 7.55. The van der Waals surface area contributed by atoms with Crippen LogP contribution >= 0.6 is 0 Å². The normalized spacial score (nSPS) is 19.2. The first-order chi connectivity index (χ1) is 10.0. The summed E-state index contributed by atoms with van der Waals surface area (Å²) >= 11 is 0. The highest BCUT2D eigenvalue weighted by Gasteiger charge is 2.27. The number of likely N-dealkylation sites (tertiary alicyclic amines) is 1. The van der Waals surface area contributed by atoms with E-state index in [1.165, 1.54) is 0 Å². The van der Waals surface area contributed by atoms with Crippen LogP contribution in [0.2, 0.25) is 0 Å². The molecule has 1 unspecified atom stereocenters. The van der Waals surface area contributed by atoms with Crippen molar-refractivity contribution in [3.8, 4) is 0 Å². The number of esters is 1. The molecule has 5 heteroatoms. The molecule has 0 aromatic carbocycles. The third kappa shape index (κ3) is 3.65. The van der Waals surface area contributed by atoms with E-state index in [4.69, 9.17) is 9.15 Å². The Morgan fingerprint density at radius 3 is 2.71 bits per heavy atom. The van der Waals surface area contributed by atoms with Gasteiger partial charge in [0.2, 0.25) is 0 Å². The summed E-state index contributed by atoms with van der Waals surface area (Å²) in [5, 5.41) is 0. The molecular weight excluding hydrogens is 270 g/mol. The molecule has 2 rings (SSSR count). The van der Waals surface area contributed by atoms with Crippen LogP contribution in [0, 0.1) is 19.8 Å². The minimum Gasteiger partial charge on any atom is -0.466 e. The van der Waals surface area contributed by atoms with Gasteiger partial charge in [-0.25, -0.2) is 0 Å². The molecule has 5 nitrogen and oxygen atoms in total. The molecule has 1 aliphatic heterocycles. The monoisotopic (exact) mass is 293 g/mol. The lowest BCUT2D eigenvalue weighted by Crippen LogP contribution is -2.32. The molecule has 0 aliphatic carbocycles. The van der Waals surface area contributed by atoms with Crippen LogP contribution in [0.15, 0.2) is 10.5 Å².